The van der Waals surface area contributed by atoms with Crippen molar-refractivity contribution in [1.29, 1.82) is 0 Å². The second-order valence-corrected chi connectivity index (χ2v) is 9.73. The van der Waals surface area contributed by atoms with Crippen LogP contribution in [0, 0.1) is 0 Å². The van der Waals surface area contributed by atoms with Crippen LogP contribution in [-0.2, 0) is 24.0 Å². The molecule has 0 unspecified atom stereocenters. The van der Waals surface area contributed by atoms with Crippen LogP contribution in [0.25, 0.3) is 5.76 Å². The molecule has 1 aliphatic heterocycles. The third kappa shape index (κ3) is 4.49. The number of ether oxygens (including phenoxy) is 2. The number of benzene rings is 3. The van der Waals surface area contributed by atoms with Crippen molar-refractivity contribution in [2.45, 2.75) is 25.9 Å². The monoisotopic (exact) mass is 464 g/mol. The van der Waals surface area contributed by atoms with Crippen LogP contribution >= 0.6 is 7.60 Å². The molecule has 1 aliphatic rings. The Labute approximate surface area is 195 Å². The third-order valence-corrected chi connectivity index (χ3v) is 7.93. The first-order valence-electron chi connectivity index (χ1n) is 11.1. The van der Waals surface area contributed by atoms with Crippen molar-refractivity contribution in [1.82, 2.24) is 0 Å². The maximum atomic E-state index is 14.1. The minimum absolute atomic E-state index is 0.264. The summed E-state index contributed by atoms with van der Waals surface area (Å²) < 4.78 is 37.8. The lowest BCUT2D eigenvalue weighted by atomic mass is 9.84. The minimum atomic E-state index is -3.60. The van der Waals surface area contributed by atoms with E-state index >= 15 is 0 Å². The predicted molar refractivity (Wildman–Crippen MR) is 130 cm³/mol. The predicted octanol–water partition coefficient (Wildman–Crippen LogP) is 6.99. The van der Waals surface area contributed by atoms with Gasteiger partial charge in [-0.15, -0.1) is 0 Å². The molecule has 1 heterocycles. The normalized spacial score (nSPS) is 15.4. The summed E-state index contributed by atoms with van der Waals surface area (Å²) in [5.41, 5.74) is 1.87. The molecule has 0 spiro atoms. The molecule has 0 saturated carbocycles. The van der Waals surface area contributed by atoms with Crippen LogP contribution in [0.3, 0.4) is 0 Å². The van der Waals surface area contributed by atoms with E-state index in [1.807, 2.05) is 98.8 Å². The van der Waals surface area contributed by atoms with Crippen LogP contribution in [0.4, 0.5) is 0 Å². The van der Waals surface area contributed by atoms with E-state index in [0.717, 1.165) is 22.4 Å². The molecule has 0 aliphatic carbocycles. The van der Waals surface area contributed by atoms with Crippen LogP contribution in [0.1, 0.15) is 37.0 Å². The van der Waals surface area contributed by atoms with Gasteiger partial charge in [-0.3, -0.25) is 4.57 Å². The highest BCUT2D eigenvalue weighted by molar-refractivity contribution is 7.58. The van der Waals surface area contributed by atoms with Gasteiger partial charge in [0.1, 0.15) is 11.5 Å². The molecule has 33 heavy (non-hydrogen) atoms. The Kier molecular flexibility index (Phi) is 7.04. The van der Waals surface area contributed by atoms with E-state index in [4.69, 9.17) is 18.5 Å². The van der Waals surface area contributed by atoms with Gasteiger partial charge < -0.3 is 18.5 Å². The van der Waals surface area contributed by atoms with Gasteiger partial charge in [0.25, 0.3) is 0 Å². The van der Waals surface area contributed by atoms with E-state index < -0.39 is 13.2 Å². The fourth-order valence-electron chi connectivity index (χ4n) is 4.21. The van der Waals surface area contributed by atoms with Crippen LogP contribution in [-0.4, -0.2) is 20.3 Å². The van der Waals surface area contributed by atoms with Crippen molar-refractivity contribution in [3.8, 4) is 5.75 Å². The van der Waals surface area contributed by atoms with Crippen LogP contribution in [0.2, 0.25) is 0 Å². The van der Waals surface area contributed by atoms with Crippen LogP contribution in [0.5, 0.6) is 5.75 Å². The van der Waals surface area contributed by atoms with Crippen molar-refractivity contribution in [3.63, 3.8) is 0 Å². The quantitative estimate of drug-likeness (QED) is 0.319. The average Bonchev–Trinajstić information content (AvgIpc) is 3.29. The molecular weight excluding hydrogens is 435 g/mol. The SMILES string of the molecule is CCOP(=O)(OCC)C1=C(c2ccc(OC)cc2)OC(c2ccccc2)(c2ccccc2)C1. The van der Waals surface area contributed by atoms with Gasteiger partial charge in [0, 0.05) is 23.1 Å². The van der Waals surface area contributed by atoms with Gasteiger partial charge in [0.15, 0.2) is 5.60 Å². The zero-order valence-electron chi connectivity index (χ0n) is 19.2. The Morgan fingerprint density at radius 2 is 1.33 bits per heavy atom. The fraction of sp³-hybridized carbons (Fsp3) is 0.259. The van der Waals surface area contributed by atoms with Gasteiger partial charge in [0.2, 0.25) is 0 Å². The first-order chi connectivity index (χ1) is 16.1. The molecule has 0 fully saturated rings. The topological polar surface area (TPSA) is 54.0 Å². The second-order valence-electron chi connectivity index (χ2n) is 7.68. The summed E-state index contributed by atoms with van der Waals surface area (Å²) >= 11 is 0. The first-order valence-corrected chi connectivity index (χ1v) is 12.7. The number of methoxy groups -OCH3 is 1. The summed E-state index contributed by atoms with van der Waals surface area (Å²) in [6.45, 7) is 4.16. The molecule has 0 amide bonds. The third-order valence-electron chi connectivity index (χ3n) is 5.72. The number of rotatable bonds is 9. The highest BCUT2D eigenvalue weighted by Gasteiger charge is 2.50. The molecule has 0 bridgehead atoms. The maximum Gasteiger partial charge on any atom is 0.361 e. The summed E-state index contributed by atoms with van der Waals surface area (Å²) in [6, 6.07) is 27.6. The largest absolute Gasteiger partial charge is 0.497 e. The summed E-state index contributed by atoms with van der Waals surface area (Å²) in [7, 11) is -1.98. The van der Waals surface area contributed by atoms with E-state index in [-0.39, 0.29) is 13.2 Å². The zero-order valence-corrected chi connectivity index (χ0v) is 20.1. The zero-order chi connectivity index (χ0) is 23.3. The van der Waals surface area contributed by atoms with Gasteiger partial charge in [0.05, 0.1) is 25.6 Å². The highest BCUT2D eigenvalue weighted by Crippen LogP contribution is 2.66. The highest BCUT2D eigenvalue weighted by atomic mass is 31.2. The van der Waals surface area contributed by atoms with E-state index in [1.165, 1.54) is 0 Å². The average molecular weight is 464 g/mol. The van der Waals surface area contributed by atoms with Gasteiger partial charge in [-0.2, -0.15) is 0 Å². The Hall–Kier alpha value is -2.85. The van der Waals surface area contributed by atoms with E-state index in [2.05, 4.69) is 0 Å². The molecular formula is C27H29O5P. The van der Waals surface area contributed by atoms with E-state index in [1.54, 1.807) is 7.11 Å². The lowest BCUT2D eigenvalue weighted by Crippen LogP contribution is -2.27. The van der Waals surface area contributed by atoms with Crippen LogP contribution in [0.15, 0.2) is 90.2 Å². The molecule has 3 aromatic rings. The summed E-state index contributed by atoms with van der Waals surface area (Å²) in [5.74, 6) is 1.25. The maximum absolute atomic E-state index is 14.1. The molecule has 5 nitrogen and oxygen atoms in total. The van der Waals surface area contributed by atoms with Crippen LogP contribution < -0.4 is 4.74 Å². The Morgan fingerprint density at radius 3 is 1.79 bits per heavy atom. The fourth-order valence-corrected chi connectivity index (χ4v) is 6.12. The van der Waals surface area contributed by atoms with Gasteiger partial charge in [-0.1, -0.05) is 60.7 Å². The van der Waals surface area contributed by atoms with Crippen molar-refractivity contribution in [2.75, 3.05) is 20.3 Å². The number of hydrogen-bond acceptors (Lipinski definition) is 5. The Morgan fingerprint density at radius 1 is 0.818 bits per heavy atom. The Balaban J connectivity index is 1.93. The molecule has 4 rings (SSSR count). The molecule has 0 aromatic heterocycles. The summed E-state index contributed by atoms with van der Waals surface area (Å²) in [6.07, 6.45) is 0.347. The van der Waals surface area contributed by atoms with Crippen molar-refractivity contribution < 1.29 is 23.1 Å². The second kappa shape index (κ2) is 9.96. The summed E-state index contributed by atoms with van der Waals surface area (Å²) in [5, 5.41) is 0.545. The van der Waals surface area contributed by atoms with E-state index in [9.17, 15) is 4.57 Å². The lowest BCUT2D eigenvalue weighted by molar-refractivity contribution is 0.100. The van der Waals surface area contributed by atoms with Crippen molar-refractivity contribution in [2.24, 2.45) is 0 Å². The minimum Gasteiger partial charge on any atom is -0.497 e. The smallest absolute Gasteiger partial charge is 0.361 e. The molecule has 0 atom stereocenters. The van der Waals surface area contributed by atoms with E-state index in [0.29, 0.717) is 17.5 Å². The Bertz CT molecular complexity index is 1090. The first kappa shape index (κ1) is 23.3. The molecule has 0 saturated heterocycles. The molecule has 0 N–H and O–H groups in total. The standard InChI is InChI=1S/C27H29O5P/c1-4-30-33(28,31-5-2)25-20-27(22-12-8-6-9-13-22,23-14-10-7-11-15-23)32-26(25)21-16-18-24(29-3)19-17-21/h6-19H,4-5,20H2,1-3H3. The van der Waals surface area contributed by atoms with Crippen molar-refractivity contribution >= 4 is 13.4 Å². The molecule has 172 valence electrons. The van der Waals surface area contributed by atoms with Gasteiger partial charge in [-0.05, 0) is 38.1 Å². The molecule has 3 aromatic carbocycles. The van der Waals surface area contributed by atoms with Crippen molar-refractivity contribution in [3.05, 3.63) is 107 Å². The summed E-state index contributed by atoms with van der Waals surface area (Å²) in [4.78, 5) is 0. The molecule has 6 heteroatoms. The van der Waals surface area contributed by atoms with Gasteiger partial charge >= 0.3 is 7.60 Å². The van der Waals surface area contributed by atoms with Gasteiger partial charge in [-0.25, -0.2) is 0 Å². The lowest BCUT2D eigenvalue weighted by Gasteiger charge is -2.31. The number of hydrogen-bond donors (Lipinski definition) is 0. The molecule has 0 radical (unpaired) electrons.